The maximum absolute atomic E-state index is 11.7. The lowest BCUT2D eigenvalue weighted by Crippen LogP contribution is -2.11. The maximum Gasteiger partial charge on any atom is 0.343 e. The summed E-state index contributed by atoms with van der Waals surface area (Å²) in [5, 5.41) is 9.10. The third-order valence-corrected chi connectivity index (χ3v) is 2.36. The zero-order valence-corrected chi connectivity index (χ0v) is 10.6. The molecule has 5 heteroatoms. The van der Waals surface area contributed by atoms with Gasteiger partial charge in [0.15, 0.2) is 0 Å². The van der Waals surface area contributed by atoms with Gasteiger partial charge in [-0.15, -0.1) is 0 Å². The van der Waals surface area contributed by atoms with Crippen LogP contribution in [-0.4, -0.2) is 17.0 Å². The standard InChI is InChI=1S/C14H15NO4/c1-9(13(15)17)3-4-10(2)19-14(18)11-5-7-12(16)8-6-11/h3,5-8,16H,2,4H2,1H3,(H2,15,17). The van der Waals surface area contributed by atoms with Crippen LogP contribution in [0.5, 0.6) is 5.75 Å². The van der Waals surface area contributed by atoms with Gasteiger partial charge in [-0.05, 0) is 31.2 Å². The van der Waals surface area contributed by atoms with E-state index < -0.39 is 11.9 Å². The number of ether oxygens (including phenoxy) is 1. The Morgan fingerprint density at radius 3 is 2.47 bits per heavy atom. The highest BCUT2D eigenvalue weighted by atomic mass is 16.5. The van der Waals surface area contributed by atoms with Gasteiger partial charge < -0.3 is 15.6 Å². The SMILES string of the molecule is C=C(CC=C(C)C(N)=O)OC(=O)c1ccc(O)cc1. The van der Waals surface area contributed by atoms with Crippen LogP contribution in [0.3, 0.4) is 0 Å². The third-order valence-electron chi connectivity index (χ3n) is 2.36. The lowest BCUT2D eigenvalue weighted by molar-refractivity contribution is -0.114. The van der Waals surface area contributed by atoms with Crippen molar-refractivity contribution in [1.82, 2.24) is 0 Å². The van der Waals surface area contributed by atoms with E-state index in [-0.39, 0.29) is 17.9 Å². The molecule has 0 atom stereocenters. The Balaban J connectivity index is 2.58. The molecule has 1 aromatic carbocycles. The van der Waals surface area contributed by atoms with Crippen molar-refractivity contribution < 1.29 is 19.4 Å². The number of phenols is 1. The van der Waals surface area contributed by atoms with Crippen molar-refractivity contribution in [3.63, 3.8) is 0 Å². The Morgan fingerprint density at radius 2 is 1.95 bits per heavy atom. The average Bonchev–Trinajstić information content (AvgIpc) is 2.36. The van der Waals surface area contributed by atoms with E-state index in [9.17, 15) is 9.59 Å². The summed E-state index contributed by atoms with van der Waals surface area (Å²) in [5.74, 6) is -0.832. The molecule has 0 heterocycles. The van der Waals surface area contributed by atoms with E-state index in [2.05, 4.69) is 6.58 Å². The number of amides is 1. The molecule has 0 radical (unpaired) electrons. The van der Waals surface area contributed by atoms with E-state index in [1.54, 1.807) is 6.92 Å². The Morgan fingerprint density at radius 1 is 1.37 bits per heavy atom. The zero-order chi connectivity index (χ0) is 14.4. The molecule has 5 nitrogen and oxygen atoms in total. The van der Waals surface area contributed by atoms with E-state index in [4.69, 9.17) is 15.6 Å². The Kier molecular flexibility index (Phi) is 4.88. The van der Waals surface area contributed by atoms with Crippen molar-refractivity contribution in [3.8, 4) is 5.75 Å². The van der Waals surface area contributed by atoms with E-state index >= 15 is 0 Å². The van der Waals surface area contributed by atoms with Crippen molar-refractivity contribution in [2.24, 2.45) is 5.73 Å². The van der Waals surface area contributed by atoms with E-state index in [0.29, 0.717) is 11.1 Å². The molecule has 0 aliphatic carbocycles. The minimum Gasteiger partial charge on any atom is -0.508 e. The number of hydrogen-bond acceptors (Lipinski definition) is 4. The monoisotopic (exact) mass is 261 g/mol. The normalized spacial score (nSPS) is 10.9. The average molecular weight is 261 g/mol. The smallest absolute Gasteiger partial charge is 0.343 e. The number of carbonyl (C=O) groups excluding carboxylic acids is 2. The zero-order valence-electron chi connectivity index (χ0n) is 10.6. The number of hydrogen-bond donors (Lipinski definition) is 2. The number of benzene rings is 1. The molecular formula is C14H15NO4. The highest BCUT2D eigenvalue weighted by molar-refractivity contribution is 5.91. The van der Waals surface area contributed by atoms with Gasteiger partial charge in [0, 0.05) is 12.0 Å². The van der Waals surface area contributed by atoms with E-state index in [0.717, 1.165) is 0 Å². The van der Waals surface area contributed by atoms with Crippen molar-refractivity contribution in [1.29, 1.82) is 0 Å². The molecule has 1 aromatic rings. The first kappa shape index (κ1) is 14.5. The van der Waals surface area contributed by atoms with Crippen LogP contribution in [0.15, 0.2) is 48.3 Å². The van der Waals surface area contributed by atoms with Gasteiger partial charge in [0.25, 0.3) is 0 Å². The maximum atomic E-state index is 11.7. The minimum absolute atomic E-state index is 0.0652. The summed E-state index contributed by atoms with van der Waals surface area (Å²) in [5.41, 5.74) is 5.74. The van der Waals surface area contributed by atoms with Crippen LogP contribution in [0.1, 0.15) is 23.7 Å². The number of aromatic hydroxyl groups is 1. The molecule has 1 rings (SSSR count). The van der Waals surface area contributed by atoms with Crippen molar-refractivity contribution in [3.05, 3.63) is 53.8 Å². The first-order valence-corrected chi connectivity index (χ1v) is 5.55. The molecule has 0 bridgehead atoms. The molecule has 0 aromatic heterocycles. The summed E-state index contributed by atoms with van der Waals surface area (Å²) < 4.78 is 4.99. The highest BCUT2D eigenvalue weighted by Gasteiger charge is 2.08. The van der Waals surface area contributed by atoms with Crippen LogP contribution in [0.2, 0.25) is 0 Å². The van der Waals surface area contributed by atoms with Crippen molar-refractivity contribution in [2.75, 3.05) is 0 Å². The first-order chi connectivity index (χ1) is 8.90. The largest absolute Gasteiger partial charge is 0.508 e. The minimum atomic E-state index is -0.574. The molecule has 100 valence electrons. The molecule has 0 aliphatic rings. The van der Waals surface area contributed by atoms with Gasteiger partial charge in [-0.1, -0.05) is 12.7 Å². The summed E-state index contributed by atoms with van der Waals surface area (Å²) in [6.45, 7) is 5.15. The van der Waals surface area contributed by atoms with E-state index in [1.807, 2.05) is 0 Å². The molecule has 0 spiro atoms. The number of carbonyl (C=O) groups is 2. The number of primary amides is 1. The predicted octanol–water partition coefficient (Wildman–Crippen LogP) is 1.88. The van der Waals surface area contributed by atoms with Crippen LogP contribution < -0.4 is 5.73 Å². The van der Waals surface area contributed by atoms with Gasteiger partial charge in [0.2, 0.25) is 5.91 Å². The molecule has 0 saturated heterocycles. The molecule has 3 N–H and O–H groups in total. The topological polar surface area (TPSA) is 89.6 Å². The number of nitrogens with two attached hydrogens (primary N) is 1. The molecule has 0 fully saturated rings. The number of phenolic OH excluding ortho intramolecular Hbond substituents is 1. The van der Waals surface area contributed by atoms with Gasteiger partial charge >= 0.3 is 5.97 Å². The second kappa shape index (κ2) is 6.39. The van der Waals surface area contributed by atoms with E-state index in [1.165, 1.54) is 30.3 Å². The molecule has 1 amide bonds. The second-order valence-corrected chi connectivity index (χ2v) is 3.93. The van der Waals surface area contributed by atoms with Crippen LogP contribution in [0, 0.1) is 0 Å². The number of esters is 1. The summed E-state index contributed by atoms with van der Waals surface area (Å²) in [6.07, 6.45) is 1.76. The lowest BCUT2D eigenvalue weighted by atomic mass is 10.2. The van der Waals surface area contributed by atoms with Gasteiger partial charge in [-0.25, -0.2) is 4.79 Å². The fraction of sp³-hybridized carbons (Fsp3) is 0.143. The molecule has 0 saturated carbocycles. The van der Waals surface area contributed by atoms with Crippen LogP contribution in [0.4, 0.5) is 0 Å². The summed E-state index contributed by atoms with van der Waals surface area (Å²) in [6, 6.07) is 5.65. The Labute approximate surface area is 111 Å². The fourth-order valence-electron chi connectivity index (χ4n) is 1.20. The summed E-state index contributed by atoms with van der Waals surface area (Å²) >= 11 is 0. The van der Waals surface area contributed by atoms with Crippen LogP contribution in [0.25, 0.3) is 0 Å². The predicted molar refractivity (Wildman–Crippen MR) is 70.2 cm³/mol. The van der Waals surface area contributed by atoms with Gasteiger partial charge in [-0.2, -0.15) is 0 Å². The van der Waals surface area contributed by atoms with Crippen molar-refractivity contribution >= 4 is 11.9 Å². The van der Waals surface area contributed by atoms with Crippen LogP contribution in [-0.2, 0) is 9.53 Å². The van der Waals surface area contributed by atoms with Gasteiger partial charge in [0.05, 0.1) is 5.56 Å². The molecule has 19 heavy (non-hydrogen) atoms. The quantitative estimate of drug-likeness (QED) is 0.481. The van der Waals surface area contributed by atoms with Crippen LogP contribution >= 0.6 is 0 Å². The van der Waals surface area contributed by atoms with Gasteiger partial charge in [-0.3, -0.25) is 4.79 Å². The second-order valence-electron chi connectivity index (χ2n) is 3.93. The fourth-order valence-corrected chi connectivity index (χ4v) is 1.20. The van der Waals surface area contributed by atoms with Crippen molar-refractivity contribution in [2.45, 2.75) is 13.3 Å². The molecular weight excluding hydrogens is 246 g/mol. The first-order valence-electron chi connectivity index (χ1n) is 5.55. The third kappa shape index (κ3) is 4.67. The van der Waals surface area contributed by atoms with Gasteiger partial charge in [0.1, 0.15) is 11.5 Å². The number of allylic oxidation sites excluding steroid dienone is 1. The Bertz CT molecular complexity index is 529. The molecule has 0 unspecified atom stereocenters. The lowest BCUT2D eigenvalue weighted by Gasteiger charge is -2.05. The summed E-state index contributed by atoms with van der Waals surface area (Å²) in [7, 11) is 0. The number of rotatable bonds is 5. The summed E-state index contributed by atoms with van der Waals surface area (Å²) in [4.78, 5) is 22.4. The Hall–Kier alpha value is -2.56. The highest BCUT2D eigenvalue weighted by Crippen LogP contribution is 2.13. The molecule has 0 aliphatic heterocycles.